The summed E-state index contributed by atoms with van der Waals surface area (Å²) in [6.07, 6.45) is 36.5. The molecule has 19 heteroatoms. The van der Waals surface area contributed by atoms with Gasteiger partial charge in [-0.25, -0.2) is 0 Å². The van der Waals surface area contributed by atoms with Crippen molar-refractivity contribution in [3.63, 3.8) is 0 Å². The van der Waals surface area contributed by atoms with Gasteiger partial charge in [-0.2, -0.15) is 0 Å². The third-order valence-corrected chi connectivity index (χ3v) is 17.9. The van der Waals surface area contributed by atoms with Crippen LogP contribution in [0.5, 0.6) is 0 Å². The van der Waals surface area contributed by atoms with E-state index in [9.17, 15) is 61.0 Å². The number of carbonyl (C=O) groups is 1. The van der Waals surface area contributed by atoms with Gasteiger partial charge in [-0.15, -0.1) is 0 Å². The molecule has 0 aromatic rings. The van der Waals surface area contributed by atoms with Gasteiger partial charge in [0.15, 0.2) is 18.9 Å². The predicted octanol–water partition coefficient (Wildman–Crippen LogP) is 9.78. The van der Waals surface area contributed by atoms with Gasteiger partial charge in [0.25, 0.3) is 0 Å². The summed E-state index contributed by atoms with van der Waals surface area (Å²) in [5.41, 5.74) is 0. The quantitative estimate of drug-likeness (QED) is 0.0199. The number of carbonyl (C=O) groups excluding carboxylic acids is 1. The highest BCUT2D eigenvalue weighted by molar-refractivity contribution is 5.76. The SMILES string of the molecule is CCCCCCC/C=C\C/C=C\C/C=C\CCCCCCCCCCCCCCC(=O)NC(COC1OC(CO)C(OC2OC(CO)C(OC3OC(CO)C(O)C(O)C3O)C(O)C2O)C(O)C1O)C(O)/C=C/CCCCCCCCCCCCCCCCCC. The standard InChI is InChI=1S/C71H129NO18/c1-3-5-7-9-11-13-15-17-19-21-23-24-25-26-27-28-29-30-31-33-35-37-39-41-43-45-47-49-59(77)72-54(55(76)48-46-44-42-40-38-36-34-32-22-20-18-16-14-12-10-8-6-4-2)53-85-69-65(83)62(80)67(57(51-74)87-69)90-71-66(84)63(81)68(58(52-75)88-71)89-70-64(82)61(79)60(78)56(50-73)86-70/h15,17,21,23,25-26,46,48,54-58,60-71,73-76,78-84H,3-14,16,18-20,22,24,27-45,47,49-53H2,1-2H3,(H,72,77)/b17-15-,23-21-,26-25-,48-46+. The lowest BCUT2D eigenvalue weighted by Crippen LogP contribution is -2.66. The van der Waals surface area contributed by atoms with Gasteiger partial charge in [0.1, 0.15) is 73.2 Å². The normalized spacial score (nSPS) is 28.3. The molecule has 90 heavy (non-hydrogen) atoms. The number of unbranched alkanes of at least 4 members (excludes halogenated alkanes) is 33. The number of aliphatic hydroxyl groups excluding tert-OH is 11. The van der Waals surface area contributed by atoms with E-state index >= 15 is 0 Å². The van der Waals surface area contributed by atoms with Crippen molar-refractivity contribution in [3.05, 3.63) is 48.6 Å². The molecule has 3 fully saturated rings. The van der Waals surface area contributed by atoms with Crippen LogP contribution in [0.4, 0.5) is 0 Å². The molecule has 3 heterocycles. The van der Waals surface area contributed by atoms with Crippen molar-refractivity contribution >= 4 is 5.91 Å². The Hall–Kier alpha value is -2.25. The number of amides is 1. The average Bonchev–Trinajstić information content (AvgIpc) is 0.866. The van der Waals surface area contributed by atoms with E-state index in [0.29, 0.717) is 6.42 Å². The van der Waals surface area contributed by atoms with Crippen molar-refractivity contribution in [1.29, 1.82) is 0 Å². The Morgan fingerprint density at radius 3 is 1.14 bits per heavy atom. The molecular weight excluding hydrogens is 1150 g/mol. The molecule has 3 aliphatic heterocycles. The zero-order chi connectivity index (χ0) is 65.4. The van der Waals surface area contributed by atoms with Crippen LogP contribution in [0.1, 0.15) is 264 Å². The first-order valence-electron chi connectivity index (χ1n) is 35.9. The van der Waals surface area contributed by atoms with Crippen LogP contribution in [0.25, 0.3) is 0 Å². The van der Waals surface area contributed by atoms with Gasteiger partial charge in [-0.05, 0) is 57.8 Å². The Balaban J connectivity index is 1.42. The van der Waals surface area contributed by atoms with Crippen LogP contribution < -0.4 is 5.32 Å². The van der Waals surface area contributed by atoms with E-state index in [-0.39, 0.29) is 18.9 Å². The molecule has 1 amide bonds. The summed E-state index contributed by atoms with van der Waals surface area (Å²) in [6.45, 7) is 1.74. The first kappa shape index (κ1) is 82.0. The van der Waals surface area contributed by atoms with Gasteiger partial charge >= 0.3 is 0 Å². The molecule has 0 saturated carbocycles. The topological polar surface area (TPSA) is 307 Å². The maximum absolute atomic E-state index is 13.4. The summed E-state index contributed by atoms with van der Waals surface area (Å²) >= 11 is 0. The van der Waals surface area contributed by atoms with Crippen LogP contribution in [0.15, 0.2) is 48.6 Å². The molecule has 19 nitrogen and oxygen atoms in total. The summed E-state index contributed by atoms with van der Waals surface area (Å²) in [4.78, 5) is 13.4. The van der Waals surface area contributed by atoms with Crippen LogP contribution >= 0.6 is 0 Å². The largest absolute Gasteiger partial charge is 0.394 e. The number of allylic oxidation sites excluding steroid dienone is 7. The molecule has 12 N–H and O–H groups in total. The van der Waals surface area contributed by atoms with E-state index in [2.05, 4.69) is 55.6 Å². The molecule has 0 spiro atoms. The molecule has 0 radical (unpaired) electrons. The van der Waals surface area contributed by atoms with E-state index in [0.717, 1.165) is 64.2 Å². The first-order valence-corrected chi connectivity index (χ1v) is 35.9. The lowest BCUT2D eigenvalue weighted by molar-refractivity contribution is -0.379. The molecule has 526 valence electrons. The van der Waals surface area contributed by atoms with Gasteiger partial charge in [0, 0.05) is 6.42 Å². The molecule has 3 aliphatic rings. The number of rotatable bonds is 55. The Kier molecular flexibility index (Phi) is 48.2. The van der Waals surface area contributed by atoms with Gasteiger partial charge in [0.2, 0.25) is 5.91 Å². The van der Waals surface area contributed by atoms with E-state index in [1.807, 2.05) is 6.08 Å². The van der Waals surface area contributed by atoms with Gasteiger partial charge in [-0.3, -0.25) is 4.79 Å². The van der Waals surface area contributed by atoms with Crippen molar-refractivity contribution in [2.45, 2.75) is 369 Å². The number of ether oxygens (including phenoxy) is 6. The highest BCUT2D eigenvalue weighted by atomic mass is 16.8. The number of nitrogens with one attached hydrogen (secondary N) is 1. The van der Waals surface area contributed by atoms with Crippen LogP contribution in [-0.2, 0) is 33.2 Å². The maximum Gasteiger partial charge on any atom is 0.220 e. The fourth-order valence-corrected chi connectivity index (χ4v) is 12.0. The number of aliphatic hydroxyl groups is 11. The van der Waals surface area contributed by atoms with Crippen LogP contribution in [0, 0.1) is 0 Å². The molecular formula is C71H129NO18. The summed E-state index contributed by atoms with van der Waals surface area (Å²) in [7, 11) is 0. The molecule has 3 rings (SSSR count). The van der Waals surface area contributed by atoms with Crippen molar-refractivity contribution in [1.82, 2.24) is 5.32 Å². The lowest BCUT2D eigenvalue weighted by atomic mass is 9.96. The first-order chi connectivity index (χ1) is 43.8. The third kappa shape index (κ3) is 34.4. The van der Waals surface area contributed by atoms with Gasteiger partial charge < -0.3 is 89.9 Å². The predicted molar refractivity (Wildman–Crippen MR) is 351 cm³/mol. The molecule has 17 atom stereocenters. The molecule has 3 saturated heterocycles. The van der Waals surface area contributed by atoms with E-state index in [1.165, 1.54) is 173 Å². The fourth-order valence-electron chi connectivity index (χ4n) is 12.0. The Bertz CT molecular complexity index is 1820. The molecule has 0 aromatic heterocycles. The zero-order valence-electron chi connectivity index (χ0n) is 55.6. The van der Waals surface area contributed by atoms with E-state index in [4.69, 9.17) is 28.4 Å². The molecule has 0 aliphatic carbocycles. The third-order valence-electron chi connectivity index (χ3n) is 17.9. The second-order valence-electron chi connectivity index (χ2n) is 25.7. The zero-order valence-corrected chi connectivity index (χ0v) is 55.6. The minimum absolute atomic E-state index is 0.241. The second kappa shape index (κ2) is 53.0. The van der Waals surface area contributed by atoms with Gasteiger partial charge in [0.05, 0.1) is 38.6 Å². The Morgan fingerprint density at radius 1 is 0.400 bits per heavy atom. The lowest BCUT2D eigenvalue weighted by Gasteiger charge is -2.48. The van der Waals surface area contributed by atoms with Crippen molar-refractivity contribution in [2.24, 2.45) is 0 Å². The summed E-state index contributed by atoms with van der Waals surface area (Å²) in [5.74, 6) is -0.276. The second-order valence-corrected chi connectivity index (χ2v) is 25.7. The highest BCUT2D eigenvalue weighted by Crippen LogP contribution is 2.33. The summed E-state index contributed by atoms with van der Waals surface area (Å²) in [6, 6.07) is -0.975. The maximum atomic E-state index is 13.4. The molecule has 0 bridgehead atoms. The van der Waals surface area contributed by atoms with Gasteiger partial charge in [-0.1, -0.05) is 249 Å². The number of hydrogen-bond acceptors (Lipinski definition) is 18. The van der Waals surface area contributed by atoms with E-state index < -0.39 is 124 Å². The van der Waals surface area contributed by atoms with Crippen LogP contribution in [0.3, 0.4) is 0 Å². The monoisotopic (exact) mass is 1280 g/mol. The smallest absolute Gasteiger partial charge is 0.220 e. The van der Waals surface area contributed by atoms with Crippen LogP contribution in [0.2, 0.25) is 0 Å². The average molecular weight is 1280 g/mol. The summed E-state index contributed by atoms with van der Waals surface area (Å²) in [5, 5.41) is 121. The van der Waals surface area contributed by atoms with Crippen molar-refractivity contribution < 1.29 is 89.4 Å². The Morgan fingerprint density at radius 2 is 0.733 bits per heavy atom. The fraction of sp³-hybridized carbons (Fsp3) is 0.873. The Labute approximate surface area is 542 Å². The minimum Gasteiger partial charge on any atom is -0.394 e. The van der Waals surface area contributed by atoms with Crippen molar-refractivity contribution in [3.8, 4) is 0 Å². The minimum atomic E-state index is -1.98. The van der Waals surface area contributed by atoms with Crippen molar-refractivity contribution in [2.75, 3.05) is 26.4 Å². The molecule has 17 unspecified atom stereocenters. The van der Waals surface area contributed by atoms with Crippen LogP contribution in [-0.4, -0.2) is 193 Å². The highest BCUT2D eigenvalue weighted by Gasteiger charge is 2.53. The van der Waals surface area contributed by atoms with E-state index in [1.54, 1.807) is 6.08 Å². The summed E-state index contributed by atoms with van der Waals surface area (Å²) < 4.78 is 34.4. The molecule has 0 aromatic carbocycles. The number of hydrogen-bond donors (Lipinski definition) is 12.